The van der Waals surface area contributed by atoms with Crippen LogP contribution in [0.5, 0.6) is 0 Å². The fourth-order valence-corrected chi connectivity index (χ4v) is 2.89. The maximum Gasteiger partial charge on any atom is 0.328 e. The minimum Gasteiger partial charge on any atom is -0.478 e. The van der Waals surface area contributed by atoms with Gasteiger partial charge in [-0.25, -0.2) is 4.79 Å². The number of carbonyl (C=O) groups excluding carboxylic acids is 1. The van der Waals surface area contributed by atoms with Gasteiger partial charge in [-0.15, -0.1) is 11.3 Å². The van der Waals surface area contributed by atoms with Crippen molar-refractivity contribution in [2.24, 2.45) is 5.92 Å². The van der Waals surface area contributed by atoms with Gasteiger partial charge < -0.3 is 10.0 Å². The van der Waals surface area contributed by atoms with Gasteiger partial charge in [0.15, 0.2) is 0 Å². The van der Waals surface area contributed by atoms with E-state index < -0.39 is 5.97 Å². The SMILES string of the molecule is CC(C1CC1)N(C)C(=O)c1sccc1/C=C/C(=O)O. The molecule has 0 aliphatic heterocycles. The van der Waals surface area contributed by atoms with Gasteiger partial charge in [0.1, 0.15) is 0 Å². The summed E-state index contributed by atoms with van der Waals surface area (Å²) in [4.78, 5) is 25.3. The smallest absolute Gasteiger partial charge is 0.328 e. The average Bonchev–Trinajstić information content (AvgIpc) is 3.12. The zero-order chi connectivity index (χ0) is 14.0. The van der Waals surface area contributed by atoms with E-state index in [1.807, 2.05) is 12.4 Å². The molecule has 1 atom stereocenters. The molecule has 5 heteroatoms. The van der Waals surface area contributed by atoms with Crippen molar-refractivity contribution in [2.75, 3.05) is 7.05 Å². The van der Waals surface area contributed by atoms with Crippen molar-refractivity contribution in [3.63, 3.8) is 0 Å². The van der Waals surface area contributed by atoms with Crippen LogP contribution in [0.2, 0.25) is 0 Å². The van der Waals surface area contributed by atoms with Crippen molar-refractivity contribution in [2.45, 2.75) is 25.8 Å². The second-order valence-electron chi connectivity index (χ2n) is 4.87. The zero-order valence-electron chi connectivity index (χ0n) is 11.0. The summed E-state index contributed by atoms with van der Waals surface area (Å²) in [6.45, 7) is 2.07. The molecule has 1 aromatic rings. The number of carboxylic acids is 1. The largest absolute Gasteiger partial charge is 0.478 e. The topological polar surface area (TPSA) is 57.6 Å². The highest BCUT2D eigenvalue weighted by atomic mass is 32.1. The summed E-state index contributed by atoms with van der Waals surface area (Å²) >= 11 is 1.35. The second kappa shape index (κ2) is 5.57. The molecule has 4 nitrogen and oxygen atoms in total. The van der Waals surface area contributed by atoms with Crippen LogP contribution >= 0.6 is 11.3 Å². The Balaban J connectivity index is 2.14. The quantitative estimate of drug-likeness (QED) is 0.843. The van der Waals surface area contributed by atoms with E-state index in [1.165, 1.54) is 30.3 Å². The van der Waals surface area contributed by atoms with Crippen LogP contribution in [0, 0.1) is 5.92 Å². The fourth-order valence-electron chi connectivity index (χ4n) is 2.03. The third-order valence-electron chi connectivity index (χ3n) is 3.53. The molecule has 1 heterocycles. The summed E-state index contributed by atoms with van der Waals surface area (Å²) in [6.07, 6.45) is 4.91. The van der Waals surface area contributed by atoms with Crippen LogP contribution in [0.25, 0.3) is 6.08 Å². The molecule has 1 aromatic heterocycles. The molecular weight excluding hydrogens is 262 g/mol. The molecule has 1 fully saturated rings. The van der Waals surface area contributed by atoms with Crippen LogP contribution in [-0.2, 0) is 4.79 Å². The first kappa shape index (κ1) is 13.8. The molecule has 0 aromatic carbocycles. The maximum atomic E-state index is 12.4. The van der Waals surface area contributed by atoms with Crippen molar-refractivity contribution < 1.29 is 14.7 Å². The van der Waals surface area contributed by atoms with E-state index in [2.05, 4.69) is 6.92 Å². The van der Waals surface area contributed by atoms with Gasteiger partial charge in [-0.2, -0.15) is 0 Å². The molecule has 0 saturated heterocycles. The number of carbonyl (C=O) groups is 2. The third-order valence-corrected chi connectivity index (χ3v) is 4.45. The van der Waals surface area contributed by atoms with Gasteiger partial charge in [0, 0.05) is 19.2 Å². The zero-order valence-corrected chi connectivity index (χ0v) is 11.8. The minimum absolute atomic E-state index is 0.0283. The Kier molecular flexibility index (Phi) is 4.04. The van der Waals surface area contributed by atoms with E-state index >= 15 is 0 Å². The summed E-state index contributed by atoms with van der Waals surface area (Å²) in [5, 5.41) is 10.5. The Morgan fingerprint density at radius 3 is 2.79 bits per heavy atom. The van der Waals surface area contributed by atoms with Crippen molar-refractivity contribution in [3.8, 4) is 0 Å². The van der Waals surface area contributed by atoms with Gasteiger partial charge in [-0.3, -0.25) is 4.79 Å². The molecule has 102 valence electrons. The maximum absolute atomic E-state index is 12.4. The molecule has 1 unspecified atom stereocenters. The summed E-state index contributed by atoms with van der Waals surface area (Å²) in [5.74, 6) is -0.421. The molecule has 19 heavy (non-hydrogen) atoms. The summed E-state index contributed by atoms with van der Waals surface area (Å²) < 4.78 is 0. The van der Waals surface area contributed by atoms with E-state index in [1.54, 1.807) is 11.0 Å². The Morgan fingerprint density at radius 1 is 1.53 bits per heavy atom. The van der Waals surface area contributed by atoms with E-state index in [-0.39, 0.29) is 11.9 Å². The van der Waals surface area contributed by atoms with Gasteiger partial charge in [0.25, 0.3) is 5.91 Å². The van der Waals surface area contributed by atoms with Crippen LogP contribution in [-0.4, -0.2) is 35.0 Å². The van der Waals surface area contributed by atoms with Gasteiger partial charge in [-0.05, 0) is 48.8 Å². The van der Waals surface area contributed by atoms with Gasteiger partial charge in [0.2, 0.25) is 0 Å². The van der Waals surface area contributed by atoms with Gasteiger partial charge >= 0.3 is 5.97 Å². The van der Waals surface area contributed by atoms with Crippen molar-refractivity contribution in [1.82, 2.24) is 4.90 Å². The van der Waals surface area contributed by atoms with Crippen LogP contribution in [0.3, 0.4) is 0 Å². The normalized spacial score (nSPS) is 16.5. The van der Waals surface area contributed by atoms with Gasteiger partial charge in [0.05, 0.1) is 4.88 Å². The number of nitrogens with zero attached hydrogens (tertiary/aromatic N) is 1. The molecule has 1 saturated carbocycles. The van der Waals surface area contributed by atoms with E-state index in [4.69, 9.17) is 5.11 Å². The highest BCUT2D eigenvalue weighted by Gasteiger charge is 2.33. The second-order valence-corrected chi connectivity index (χ2v) is 5.79. The molecule has 1 amide bonds. The molecule has 0 spiro atoms. The van der Waals surface area contributed by atoms with Crippen LogP contribution in [0.4, 0.5) is 0 Å². The number of amides is 1. The van der Waals surface area contributed by atoms with Crippen molar-refractivity contribution in [3.05, 3.63) is 28.0 Å². The molecule has 0 radical (unpaired) electrons. The summed E-state index contributed by atoms with van der Waals surface area (Å²) in [5.41, 5.74) is 0.673. The van der Waals surface area contributed by atoms with Crippen LogP contribution < -0.4 is 0 Å². The number of aliphatic carboxylic acids is 1. The summed E-state index contributed by atoms with van der Waals surface area (Å²) in [7, 11) is 1.82. The molecule has 1 N–H and O–H groups in total. The number of hydrogen-bond donors (Lipinski definition) is 1. The van der Waals surface area contributed by atoms with E-state index in [0.717, 1.165) is 6.08 Å². The summed E-state index contributed by atoms with van der Waals surface area (Å²) in [6, 6.07) is 2.01. The minimum atomic E-state index is -1.01. The third kappa shape index (κ3) is 3.23. The van der Waals surface area contributed by atoms with Crippen LogP contribution in [0.1, 0.15) is 35.0 Å². The molecular formula is C14H17NO3S. The first-order valence-electron chi connectivity index (χ1n) is 6.26. The number of carboxylic acid groups (broad SMARTS) is 1. The Labute approximate surface area is 116 Å². The van der Waals surface area contributed by atoms with Crippen molar-refractivity contribution >= 4 is 29.3 Å². The van der Waals surface area contributed by atoms with E-state index in [9.17, 15) is 9.59 Å². The highest BCUT2D eigenvalue weighted by molar-refractivity contribution is 7.12. The number of rotatable bonds is 5. The first-order chi connectivity index (χ1) is 9.00. The predicted octanol–water partition coefficient (Wildman–Crippen LogP) is 2.72. The van der Waals surface area contributed by atoms with Crippen molar-refractivity contribution in [1.29, 1.82) is 0 Å². The standard InChI is InChI=1S/C14H17NO3S/c1-9(10-3-4-10)15(2)14(18)13-11(7-8-19-13)5-6-12(16)17/h5-10H,3-4H2,1-2H3,(H,16,17)/b6-5+. The monoisotopic (exact) mass is 279 g/mol. The lowest BCUT2D eigenvalue weighted by Crippen LogP contribution is -2.36. The molecule has 1 aliphatic rings. The van der Waals surface area contributed by atoms with Gasteiger partial charge in [-0.1, -0.05) is 0 Å². The average molecular weight is 279 g/mol. The highest BCUT2D eigenvalue weighted by Crippen LogP contribution is 2.35. The lowest BCUT2D eigenvalue weighted by Gasteiger charge is -2.24. The number of hydrogen-bond acceptors (Lipinski definition) is 3. The molecule has 1 aliphatic carbocycles. The first-order valence-corrected chi connectivity index (χ1v) is 7.14. The fraction of sp³-hybridized carbons (Fsp3) is 0.429. The molecule has 2 rings (SSSR count). The van der Waals surface area contributed by atoms with E-state index in [0.29, 0.717) is 16.4 Å². The number of thiophene rings is 1. The lowest BCUT2D eigenvalue weighted by atomic mass is 10.1. The predicted molar refractivity (Wildman–Crippen MR) is 75.3 cm³/mol. The Bertz CT molecular complexity index is 517. The lowest BCUT2D eigenvalue weighted by molar-refractivity contribution is -0.131. The Hall–Kier alpha value is -1.62. The Morgan fingerprint density at radius 2 is 2.21 bits per heavy atom. The molecule has 0 bridgehead atoms. The van der Waals surface area contributed by atoms with Crippen LogP contribution in [0.15, 0.2) is 17.5 Å².